The molecule has 2 N–H and O–H groups in total. The Kier molecular flexibility index (Phi) is 4.38. The zero-order chi connectivity index (χ0) is 15.5. The first-order valence-corrected chi connectivity index (χ1v) is 6.39. The normalized spacial score (nSPS) is 18.1. The molecule has 1 amide bonds. The van der Waals surface area contributed by atoms with Crippen LogP contribution in [-0.2, 0) is 9.53 Å². The zero-order valence-electron chi connectivity index (χ0n) is 11.4. The molecule has 0 bridgehead atoms. The molecule has 21 heavy (non-hydrogen) atoms. The number of anilines is 1. The summed E-state index contributed by atoms with van der Waals surface area (Å²) in [5.41, 5.74) is -2.40. The average molecular weight is 302 g/mol. The monoisotopic (exact) mass is 302 g/mol. The van der Waals surface area contributed by atoms with Crippen LogP contribution in [0.25, 0.3) is 0 Å². The highest BCUT2D eigenvalue weighted by Gasteiger charge is 2.58. The molecular weight excluding hydrogens is 286 g/mol. The van der Waals surface area contributed by atoms with Crippen LogP contribution in [0.3, 0.4) is 0 Å². The zero-order valence-corrected chi connectivity index (χ0v) is 11.4. The van der Waals surface area contributed by atoms with Gasteiger partial charge >= 0.3 is 5.92 Å². The predicted molar refractivity (Wildman–Crippen MR) is 69.4 cm³/mol. The summed E-state index contributed by atoms with van der Waals surface area (Å²) >= 11 is 0. The minimum Gasteiger partial charge on any atom is -0.480 e. The molecule has 0 unspecified atom stereocenters. The number of ether oxygens (including phenoxy) is 2. The van der Waals surface area contributed by atoms with Crippen LogP contribution < -0.4 is 10.1 Å². The molecule has 2 rings (SSSR count). The van der Waals surface area contributed by atoms with Gasteiger partial charge in [-0.25, -0.2) is 4.98 Å². The van der Waals surface area contributed by atoms with Gasteiger partial charge in [-0.05, 0) is 12.1 Å². The summed E-state index contributed by atoms with van der Waals surface area (Å²) in [6.07, 6.45) is 0.786. The Balaban J connectivity index is 2.18. The third-order valence-corrected chi connectivity index (χ3v) is 3.40. The SMILES string of the molecule is COc1ncccc1NC(=O)C(F)(F)C1(O)CCOCC1. The lowest BCUT2D eigenvalue weighted by Gasteiger charge is -2.37. The molecule has 1 fully saturated rings. The molecule has 2 heterocycles. The highest BCUT2D eigenvalue weighted by Crippen LogP contribution is 2.38. The molecule has 1 aromatic rings. The third-order valence-electron chi connectivity index (χ3n) is 3.40. The second-order valence-electron chi connectivity index (χ2n) is 4.73. The number of nitrogens with zero attached hydrogens (tertiary/aromatic N) is 1. The van der Waals surface area contributed by atoms with Crippen LogP contribution in [0.1, 0.15) is 12.8 Å². The Labute approximate surface area is 120 Å². The number of carbonyl (C=O) groups is 1. The number of methoxy groups -OCH3 is 1. The summed E-state index contributed by atoms with van der Waals surface area (Å²) in [5, 5.41) is 12.1. The smallest absolute Gasteiger partial charge is 0.352 e. The molecule has 1 aliphatic rings. The topological polar surface area (TPSA) is 80.7 Å². The number of pyridine rings is 1. The summed E-state index contributed by atoms with van der Waals surface area (Å²) in [6.45, 7) is -0.0365. The predicted octanol–water partition coefficient (Wildman–Crippen LogP) is 1.21. The minimum absolute atomic E-state index is 0.0142. The van der Waals surface area contributed by atoms with Crippen molar-refractivity contribution in [3.05, 3.63) is 18.3 Å². The fraction of sp³-hybridized carbons (Fsp3) is 0.538. The molecule has 0 saturated carbocycles. The van der Waals surface area contributed by atoms with Gasteiger partial charge in [0.25, 0.3) is 5.91 Å². The Bertz CT molecular complexity index is 519. The lowest BCUT2D eigenvalue weighted by molar-refractivity contribution is -0.209. The number of hydrogen-bond acceptors (Lipinski definition) is 5. The highest BCUT2D eigenvalue weighted by molar-refractivity contribution is 5.97. The quantitative estimate of drug-likeness (QED) is 0.873. The molecule has 0 aliphatic carbocycles. The molecule has 6 nitrogen and oxygen atoms in total. The second-order valence-corrected chi connectivity index (χ2v) is 4.73. The van der Waals surface area contributed by atoms with Crippen molar-refractivity contribution in [3.8, 4) is 5.88 Å². The van der Waals surface area contributed by atoms with Crippen LogP contribution in [0.2, 0.25) is 0 Å². The molecular formula is C13H16F2N2O4. The molecule has 1 aromatic heterocycles. The van der Waals surface area contributed by atoms with Crippen molar-refractivity contribution in [1.82, 2.24) is 4.98 Å². The number of aliphatic hydroxyl groups is 1. The maximum atomic E-state index is 14.2. The van der Waals surface area contributed by atoms with Crippen molar-refractivity contribution >= 4 is 11.6 Å². The summed E-state index contributed by atoms with van der Waals surface area (Å²) in [6, 6.07) is 2.85. The largest absolute Gasteiger partial charge is 0.480 e. The first-order valence-electron chi connectivity index (χ1n) is 6.39. The van der Waals surface area contributed by atoms with Crippen LogP contribution in [0.15, 0.2) is 18.3 Å². The van der Waals surface area contributed by atoms with E-state index in [0.717, 1.165) is 0 Å². The standard InChI is InChI=1S/C13H16F2N2O4/c1-20-10-9(3-2-6-16-10)17-11(18)13(14,15)12(19)4-7-21-8-5-12/h2-3,6,19H,4-5,7-8H2,1H3,(H,17,18). The number of alkyl halides is 2. The van der Waals surface area contributed by atoms with Gasteiger partial charge in [0.2, 0.25) is 5.88 Å². The van der Waals surface area contributed by atoms with E-state index in [9.17, 15) is 18.7 Å². The van der Waals surface area contributed by atoms with E-state index in [1.807, 2.05) is 5.32 Å². The Morgan fingerprint density at radius 2 is 2.19 bits per heavy atom. The van der Waals surface area contributed by atoms with E-state index in [1.165, 1.54) is 25.4 Å². The van der Waals surface area contributed by atoms with Crippen LogP contribution in [0.4, 0.5) is 14.5 Å². The van der Waals surface area contributed by atoms with Crippen LogP contribution in [0.5, 0.6) is 5.88 Å². The maximum absolute atomic E-state index is 14.2. The Morgan fingerprint density at radius 1 is 1.52 bits per heavy atom. The van der Waals surface area contributed by atoms with Gasteiger partial charge in [-0.2, -0.15) is 8.78 Å². The number of hydrogen-bond donors (Lipinski definition) is 2. The van der Waals surface area contributed by atoms with Gasteiger partial charge in [-0.1, -0.05) is 0 Å². The highest BCUT2D eigenvalue weighted by atomic mass is 19.3. The number of rotatable bonds is 4. The molecule has 116 valence electrons. The fourth-order valence-corrected chi connectivity index (χ4v) is 2.08. The van der Waals surface area contributed by atoms with Crippen molar-refractivity contribution in [2.75, 3.05) is 25.6 Å². The number of carbonyl (C=O) groups excluding carboxylic acids is 1. The summed E-state index contributed by atoms with van der Waals surface area (Å²) in [5.74, 6) is -5.53. The Morgan fingerprint density at radius 3 is 2.81 bits per heavy atom. The van der Waals surface area contributed by atoms with Crippen molar-refractivity contribution in [2.24, 2.45) is 0 Å². The molecule has 0 spiro atoms. The van der Waals surface area contributed by atoms with Gasteiger partial charge in [0.1, 0.15) is 11.3 Å². The van der Waals surface area contributed by atoms with Crippen LogP contribution in [0, 0.1) is 0 Å². The lowest BCUT2D eigenvalue weighted by Crippen LogP contribution is -2.57. The number of aromatic nitrogens is 1. The molecule has 1 aliphatic heterocycles. The molecule has 0 aromatic carbocycles. The van der Waals surface area contributed by atoms with Crippen LogP contribution >= 0.6 is 0 Å². The van der Waals surface area contributed by atoms with E-state index in [4.69, 9.17) is 9.47 Å². The van der Waals surface area contributed by atoms with Gasteiger partial charge in [0, 0.05) is 32.3 Å². The van der Waals surface area contributed by atoms with Gasteiger partial charge in [0.15, 0.2) is 0 Å². The number of halogens is 2. The van der Waals surface area contributed by atoms with E-state index >= 15 is 0 Å². The van der Waals surface area contributed by atoms with Gasteiger partial charge in [0.05, 0.1) is 7.11 Å². The minimum atomic E-state index is -3.95. The third kappa shape index (κ3) is 2.96. The second kappa shape index (κ2) is 5.90. The van der Waals surface area contributed by atoms with E-state index in [2.05, 4.69) is 4.98 Å². The van der Waals surface area contributed by atoms with Gasteiger partial charge in [-0.3, -0.25) is 4.79 Å². The number of nitrogens with one attached hydrogen (secondary N) is 1. The van der Waals surface area contributed by atoms with Gasteiger partial charge in [-0.15, -0.1) is 0 Å². The van der Waals surface area contributed by atoms with Gasteiger partial charge < -0.3 is 19.9 Å². The average Bonchev–Trinajstić information content (AvgIpc) is 2.48. The Hall–Kier alpha value is -1.80. The fourth-order valence-electron chi connectivity index (χ4n) is 2.08. The molecule has 1 saturated heterocycles. The lowest BCUT2D eigenvalue weighted by atomic mass is 9.86. The summed E-state index contributed by atoms with van der Waals surface area (Å²) < 4.78 is 38.3. The van der Waals surface area contributed by atoms with Crippen molar-refractivity contribution in [2.45, 2.75) is 24.4 Å². The number of amides is 1. The van der Waals surface area contributed by atoms with Crippen molar-refractivity contribution < 1.29 is 28.2 Å². The molecule has 0 radical (unpaired) electrons. The van der Waals surface area contributed by atoms with E-state index < -0.39 is 17.4 Å². The van der Waals surface area contributed by atoms with Crippen molar-refractivity contribution in [3.63, 3.8) is 0 Å². The van der Waals surface area contributed by atoms with E-state index in [0.29, 0.717) is 0 Å². The molecule has 0 atom stereocenters. The first-order chi connectivity index (χ1) is 9.90. The molecule has 8 heteroatoms. The van der Waals surface area contributed by atoms with Crippen LogP contribution in [-0.4, -0.2) is 47.8 Å². The maximum Gasteiger partial charge on any atom is 0.352 e. The first kappa shape index (κ1) is 15.6. The van der Waals surface area contributed by atoms with E-state index in [-0.39, 0.29) is 37.6 Å². The summed E-state index contributed by atoms with van der Waals surface area (Å²) in [4.78, 5) is 15.7. The summed E-state index contributed by atoms with van der Waals surface area (Å²) in [7, 11) is 1.31. The van der Waals surface area contributed by atoms with Crippen molar-refractivity contribution in [1.29, 1.82) is 0 Å². The van der Waals surface area contributed by atoms with E-state index in [1.54, 1.807) is 0 Å².